The Balaban J connectivity index is 1.75. The van der Waals surface area contributed by atoms with Crippen LogP contribution in [-0.2, 0) is 0 Å². The smallest absolute Gasteiger partial charge is 0.128 e. The predicted octanol–water partition coefficient (Wildman–Crippen LogP) is 4.13. The van der Waals surface area contributed by atoms with Gasteiger partial charge in [0.2, 0.25) is 0 Å². The zero-order valence-corrected chi connectivity index (χ0v) is 11.9. The minimum Gasteiger partial charge on any atom is -0.485 e. The number of benzene rings is 2. The minimum absolute atomic E-state index is 0.110. The molecule has 0 radical (unpaired) electrons. The van der Waals surface area contributed by atoms with Crippen LogP contribution in [0.4, 0.5) is 0 Å². The maximum absolute atomic E-state index is 6.34. The molecule has 2 aromatic rings. The zero-order chi connectivity index (χ0) is 14.3. The largest absolute Gasteiger partial charge is 0.485 e. The summed E-state index contributed by atoms with van der Waals surface area (Å²) >= 11 is 0. The average molecular weight is 286 g/mol. The van der Waals surface area contributed by atoms with E-state index in [2.05, 4.69) is 60.7 Å². The fraction of sp³-hybridized carbons (Fsp3) is 0.200. The van der Waals surface area contributed by atoms with Gasteiger partial charge < -0.3 is 9.47 Å². The number of hydrogen-bond donors (Lipinski definition) is 0. The van der Waals surface area contributed by atoms with Crippen LogP contribution >= 0.6 is 0 Å². The van der Waals surface area contributed by atoms with Gasteiger partial charge in [0.1, 0.15) is 23.7 Å². The van der Waals surface area contributed by atoms with Gasteiger partial charge in [0.05, 0.1) is 0 Å². The van der Waals surface area contributed by atoms with E-state index in [-0.39, 0.29) is 12.2 Å². The summed E-state index contributed by atoms with van der Waals surface area (Å²) in [6.45, 7) is 0. The number of hydrogen-bond acceptors (Lipinski definition) is 2. The molecular formula is C20H14O2. The Morgan fingerprint density at radius 2 is 1.73 bits per heavy atom. The molecule has 0 fully saturated rings. The molecule has 0 saturated carbocycles. The highest BCUT2D eigenvalue weighted by atomic mass is 16.5. The van der Waals surface area contributed by atoms with Crippen LogP contribution < -0.4 is 9.47 Å². The average Bonchev–Trinajstić information content (AvgIpc) is 2.57. The molecule has 22 heavy (non-hydrogen) atoms. The van der Waals surface area contributed by atoms with Gasteiger partial charge in [-0.05, 0) is 35.2 Å². The van der Waals surface area contributed by atoms with Crippen molar-refractivity contribution in [3.8, 4) is 11.5 Å². The van der Waals surface area contributed by atoms with Crippen LogP contribution in [0.1, 0.15) is 11.5 Å². The first-order chi connectivity index (χ1) is 10.9. The van der Waals surface area contributed by atoms with Crippen molar-refractivity contribution in [2.45, 2.75) is 18.1 Å². The fourth-order valence-corrected chi connectivity index (χ4v) is 4.55. The Bertz CT molecular complexity index is 919. The van der Waals surface area contributed by atoms with E-state index in [0.29, 0.717) is 11.8 Å². The fourth-order valence-electron chi connectivity index (χ4n) is 4.55. The van der Waals surface area contributed by atoms with Crippen molar-refractivity contribution in [2.24, 2.45) is 5.92 Å². The molecule has 4 atom stereocenters. The third-order valence-electron chi connectivity index (χ3n) is 5.41. The molecule has 2 aliphatic heterocycles. The Morgan fingerprint density at radius 1 is 0.818 bits per heavy atom. The summed E-state index contributed by atoms with van der Waals surface area (Å²) in [5, 5.41) is 2.48. The van der Waals surface area contributed by atoms with Crippen molar-refractivity contribution in [3.63, 3.8) is 0 Å². The van der Waals surface area contributed by atoms with Crippen molar-refractivity contribution in [1.29, 1.82) is 0 Å². The lowest BCUT2D eigenvalue weighted by molar-refractivity contribution is 0.0922. The first-order valence-electron chi connectivity index (χ1n) is 7.86. The van der Waals surface area contributed by atoms with Crippen molar-refractivity contribution < 1.29 is 9.47 Å². The van der Waals surface area contributed by atoms with Crippen molar-refractivity contribution in [2.75, 3.05) is 0 Å². The van der Waals surface area contributed by atoms with Crippen LogP contribution in [-0.4, -0.2) is 12.2 Å². The van der Waals surface area contributed by atoms with E-state index in [1.54, 1.807) is 0 Å². The Morgan fingerprint density at radius 3 is 2.73 bits per heavy atom. The lowest BCUT2D eigenvalue weighted by Crippen LogP contribution is -2.45. The molecule has 106 valence electrons. The third kappa shape index (κ3) is 1.19. The summed E-state index contributed by atoms with van der Waals surface area (Å²) in [6.07, 6.45) is 11.2. The highest BCUT2D eigenvalue weighted by Crippen LogP contribution is 2.55. The molecule has 2 nitrogen and oxygen atoms in total. The van der Waals surface area contributed by atoms with Gasteiger partial charge in [-0.2, -0.15) is 0 Å². The van der Waals surface area contributed by atoms with E-state index in [9.17, 15) is 0 Å². The van der Waals surface area contributed by atoms with Crippen molar-refractivity contribution >= 4 is 10.8 Å². The topological polar surface area (TPSA) is 18.5 Å². The standard InChI is InChI=1S/C20H14O2/c1-3-11-7-9-16-19-17(11)13(5-1)21-15-10-8-12-4-2-6-14(22-16)18(12)20(15)19/h1-10,13,16-17,19H. The number of allylic oxidation sites excluding steroid dienone is 3. The second-order valence-corrected chi connectivity index (χ2v) is 6.46. The number of ether oxygens (including phenoxy) is 2. The van der Waals surface area contributed by atoms with E-state index in [4.69, 9.17) is 9.47 Å². The van der Waals surface area contributed by atoms with E-state index in [1.807, 2.05) is 0 Å². The lowest BCUT2D eigenvalue weighted by Gasteiger charge is -2.47. The second kappa shape index (κ2) is 3.64. The number of rotatable bonds is 0. The van der Waals surface area contributed by atoms with E-state index < -0.39 is 0 Å². The van der Waals surface area contributed by atoms with Crippen LogP contribution in [0.15, 0.2) is 66.3 Å². The molecule has 0 saturated heterocycles. The van der Waals surface area contributed by atoms with Gasteiger partial charge >= 0.3 is 0 Å². The first kappa shape index (κ1) is 11.1. The maximum atomic E-state index is 6.34. The van der Waals surface area contributed by atoms with Gasteiger partial charge in [-0.15, -0.1) is 0 Å². The van der Waals surface area contributed by atoms with E-state index in [0.717, 1.165) is 11.5 Å². The third-order valence-corrected chi connectivity index (χ3v) is 5.41. The minimum atomic E-state index is 0.110. The Labute approximate surface area is 128 Å². The lowest BCUT2D eigenvalue weighted by atomic mass is 9.66. The summed E-state index contributed by atoms with van der Waals surface area (Å²) in [7, 11) is 0. The van der Waals surface area contributed by atoms with Gasteiger partial charge in [0.25, 0.3) is 0 Å². The predicted molar refractivity (Wildman–Crippen MR) is 85.4 cm³/mol. The maximum Gasteiger partial charge on any atom is 0.128 e. The second-order valence-electron chi connectivity index (χ2n) is 6.46. The van der Waals surface area contributed by atoms with Gasteiger partial charge in [0, 0.05) is 22.8 Å². The Kier molecular flexibility index (Phi) is 1.84. The van der Waals surface area contributed by atoms with Crippen LogP contribution in [0.5, 0.6) is 11.5 Å². The highest BCUT2D eigenvalue weighted by molar-refractivity contribution is 5.95. The monoisotopic (exact) mass is 286 g/mol. The molecule has 2 aliphatic carbocycles. The summed E-state index contributed by atoms with van der Waals surface area (Å²) in [6, 6.07) is 10.6. The normalized spacial score (nSPS) is 32.3. The van der Waals surface area contributed by atoms with Crippen molar-refractivity contribution in [3.05, 3.63) is 71.8 Å². The molecular weight excluding hydrogens is 272 g/mol. The molecule has 2 heterocycles. The molecule has 0 amide bonds. The molecule has 0 spiro atoms. The Hall–Kier alpha value is -2.48. The van der Waals surface area contributed by atoms with Crippen LogP contribution in [0, 0.1) is 5.92 Å². The highest BCUT2D eigenvalue weighted by Gasteiger charge is 2.48. The summed E-state index contributed by atoms with van der Waals surface area (Å²) in [5.41, 5.74) is 2.70. The van der Waals surface area contributed by atoms with Crippen LogP contribution in [0.2, 0.25) is 0 Å². The molecule has 4 unspecified atom stereocenters. The first-order valence-corrected chi connectivity index (χ1v) is 7.86. The van der Waals surface area contributed by atoms with Gasteiger partial charge in [-0.3, -0.25) is 0 Å². The molecule has 0 aromatic heterocycles. The van der Waals surface area contributed by atoms with E-state index >= 15 is 0 Å². The molecule has 4 aliphatic rings. The van der Waals surface area contributed by atoms with Crippen molar-refractivity contribution in [1.82, 2.24) is 0 Å². The van der Waals surface area contributed by atoms with Gasteiger partial charge in [-0.25, -0.2) is 0 Å². The van der Waals surface area contributed by atoms with Crippen LogP contribution in [0.25, 0.3) is 10.8 Å². The molecule has 0 bridgehead atoms. The quantitative estimate of drug-likeness (QED) is 0.725. The molecule has 2 aromatic carbocycles. The summed E-state index contributed by atoms with van der Waals surface area (Å²) in [5.74, 6) is 2.74. The van der Waals surface area contributed by atoms with Gasteiger partial charge in [0.15, 0.2) is 0 Å². The summed E-state index contributed by atoms with van der Waals surface area (Å²) in [4.78, 5) is 0. The van der Waals surface area contributed by atoms with Crippen LogP contribution in [0.3, 0.4) is 0 Å². The molecule has 2 heteroatoms. The summed E-state index contributed by atoms with van der Waals surface area (Å²) < 4.78 is 12.7. The van der Waals surface area contributed by atoms with Gasteiger partial charge in [-0.1, -0.05) is 36.4 Å². The SMILES string of the molecule is C1=CC2Oc3ccc4cccc5c4c3C3C(C=CC(=C1)C23)O5. The molecule has 0 N–H and O–H groups in total. The zero-order valence-electron chi connectivity index (χ0n) is 11.9. The van der Waals surface area contributed by atoms with E-state index in [1.165, 1.54) is 21.9 Å². The molecule has 6 rings (SSSR count).